The van der Waals surface area contributed by atoms with E-state index in [9.17, 15) is 5.11 Å². The van der Waals surface area contributed by atoms with Gasteiger partial charge in [-0.1, -0.05) is 86.8 Å². The fourth-order valence-corrected chi connectivity index (χ4v) is 9.73. The second-order valence-electron chi connectivity index (χ2n) is 14.6. The van der Waals surface area contributed by atoms with Crippen LogP contribution < -0.4 is 0 Å². The summed E-state index contributed by atoms with van der Waals surface area (Å²) in [5, 5.41) is 10.8. The maximum Gasteiger partial charge on any atom is 0.0594 e. The van der Waals surface area contributed by atoms with Gasteiger partial charge >= 0.3 is 0 Å². The summed E-state index contributed by atoms with van der Waals surface area (Å²) in [6.07, 6.45) is 14.4. The van der Waals surface area contributed by atoms with Crippen LogP contribution in [0.1, 0.15) is 120 Å². The van der Waals surface area contributed by atoms with Crippen molar-refractivity contribution in [2.45, 2.75) is 126 Å². The van der Waals surface area contributed by atoms with Crippen molar-refractivity contribution in [2.75, 3.05) is 0 Å². The monoisotopic (exact) mass is 442 g/mol. The van der Waals surface area contributed by atoms with Gasteiger partial charge in [0.2, 0.25) is 0 Å². The van der Waals surface area contributed by atoms with Crippen molar-refractivity contribution in [3.05, 3.63) is 11.6 Å². The summed E-state index contributed by atoms with van der Waals surface area (Å²) in [6, 6.07) is 0. The van der Waals surface area contributed by atoms with Crippen LogP contribution in [0.5, 0.6) is 0 Å². The Bertz CT molecular complexity index is 733. The Morgan fingerprint density at radius 2 is 1.56 bits per heavy atom. The fourth-order valence-electron chi connectivity index (χ4n) is 9.73. The van der Waals surface area contributed by atoms with Crippen molar-refractivity contribution in [1.82, 2.24) is 0 Å². The maximum absolute atomic E-state index is 10.8. The molecule has 0 amide bonds. The minimum Gasteiger partial charge on any atom is -0.393 e. The third kappa shape index (κ3) is 3.41. The lowest BCUT2D eigenvalue weighted by atomic mass is 9.41. The van der Waals surface area contributed by atoms with Crippen LogP contribution in [0.25, 0.3) is 0 Å². The lowest BCUT2D eigenvalue weighted by molar-refractivity contribution is -0.118. The van der Waals surface area contributed by atoms with Gasteiger partial charge in [-0.25, -0.2) is 0 Å². The first kappa shape index (κ1) is 24.8. The lowest BCUT2D eigenvalue weighted by Gasteiger charge is -2.64. The van der Waals surface area contributed by atoms with Crippen LogP contribution in [0.3, 0.4) is 0 Å². The van der Waals surface area contributed by atoms with E-state index < -0.39 is 0 Å². The number of aliphatic hydroxyl groups is 1. The fraction of sp³-hybridized carbons (Fsp3) is 0.935. The van der Waals surface area contributed by atoms with Crippen LogP contribution in [-0.2, 0) is 0 Å². The van der Waals surface area contributed by atoms with E-state index >= 15 is 0 Å². The molecule has 0 aromatic heterocycles. The van der Waals surface area contributed by atoms with Crippen LogP contribution in [0, 0.1) is 57.2 Å². The van der Waals surface area contributed by atoms with E-state index in [2.05, 4.69) is 68.4 Å². The number of allylic oxidation sites excluding steroid dienone is 2. The van der Waals surface area contributed by atoms with Crippen LogP contribution in [-0.4, -0.2) is 11.2 Å². The Balaban J connectivity index is 1.60. The Morgan fingerprint density at radius 1 is 0.875 bits per heavy atom. The quantitative estimate of drug-likeness (QED) is 0.422. The predicted octanol–water partition coefficient (Wildman–Crippen LogP) is 8.66. The molecule has 0 bridgehead atoms. The Labute approximate surface area is 200 Å². The van der Waals surface area contributed by atoms with Gasteiger partial charge in [0.25, 0.3) is 0 Å². The normalized spacial score (nSPS) is 47.3. The van der Waals surface area contributed by atoms with E-state index in [4.69, 9.17) is 0 Å². The van der Waals surface area contributed by atoms with Gasteiger partial charge in [0.15, 0.2) is 0 Å². The van der Waals surface area contributed by atoms with E-state index in [0.29, 0.717) is 22.2 Å². The van der Waals surface area contributed by atoms with Gasteiger partial charge < -0.3 is 5.11 Å². The highest BCUT2D eigenvalue weighted by Crippen LogP contribution is 2.73. The van der Waals surface area contributed by atoms with Crippen molar-refractivity contribution in [3.8, 4) is 0 Å². The van der Waals surface area contributed by atoms with E-state index in [1.807, 2.05) is 5.57 Å². The molecule has 0 radical (unpaired) electrons. The minimum atomic E-state index is -0.132. The molecule has 32 heavy (non-hydrogen) atoms. The average Bonchev–Trinajstić information content (AvgIpc) is 3.00. The summed E-state index contributed by atoms with van der Waals surface area (Å²) in [5.41, 5.74) is 3.06. The van der Waals surface area contributed by atoms with E-state index in [-0.39, 0.29) is 11.5 Å². The SMILES string of the molecule is CC(C)C(C)CC[C@@H](C)[C@H]1CC[C@@]2(C)[C@@H]3CCC4C(C)(C)[C@@H](O)CC[C@]4(C)C3=CC[C@]12C. The van der Waals surface area contributed by atoms with Gasteiger partial charge in [0.05, 0.1) is 6.10 Å². The molecule has 0 spiro atoms. The van der Waals surface area contributed by atoms with Crippen LogP contribution in [0.4, 0.5) is 0 Å². The summed E-state index contributed by atoms with van der Waals surface area (Å²) >= 11 is 0. The number of hydrogen-bond donors (Lipinski definition) is 1. The first-order valence-corrected chi connectivity index (χ1v) is 14.2. The summed E-state index contributed by atoms with van der Waals surface area (Å²) in [6.45, 7) is 22.5. The zero-order valence-corrected chi connectivity index (χ0v) is 22.9. The molecule has 2 unspecified atom stereocenters. The van der Waals surface area contributed by atoms with E-state index in [0.717, 1.165) is 36.0 Å². The van der Waals surface area contributed by atoms with Crippen LogP contribution >= 0.6 is 0 Å². The van der Waals surface area contributed by atoms with E-state index in [1.165, 1.54) is 51.4 Å². The van der Waals surface area contributed by atoms with Gasteiger partial charge in [0.1, 0.15) is 0 Å². The molecule has 4 aliphatic carbocycles. The molecule has 1 nitrogen and oxygen atoms in total. The number of fused-ring (bicyclic) bond motifs is 5. The molecule has 0 aliphatic heterocycles. The summed E-state index contributed by atoms with van der Waals surface area (Å²) in [5.74, 6) is 4.76. The van der Waals surface area contributed by atoms with Crippen LogP contribution in [0.2, 0.25) is 0 Å². The molecule has 1 heteroatoms. The second-order valence-corrected chi connectivity index (χ2v) is 14.6. The van der Waals surface area contributed by atoms with Crippen molar-refractivity contribution in [3.63, 3.8) is 0 Å². The largest absolute Gasteiger partial charge is 0.393 e. The number of hydrogen-bond acceptors (Lipinski definition) is 1. The van der Waals surface area contributed by atoms with E-state index in [1.54, 1.807) is 0 Å². The summed E-state index contributed by atoms with van der Waals surface area (Å²) < 4.78 is 0. The van der Waals surface area contributed by atoms with Crippen molar-refractivity contribution < 1.29 is 5.11 Å². The summed E-state index contributed by atoms with van der Waals surface area (Å²) in [4.78, 5) is 0. The molecular formula is C31H54O. The molecule has 0 saturated heterocycles. The highest BCUT2D eigenvalue weighted by molar-refractivity contribution is 5.32. The van der Waals surface area contributed by atoms with Gasteiger partial charge in [-0.2, -0.15) is 0 Å². The molecule has 9 atom stereocenters. The van der Waals surface area contributed by atoms with Crippen molar-refractivity contribution in [2.24, 2.45) is 57.2 Å². The molecule has 1 N–H and O–H groups in total. The Morgan fingerprint density at radius 3 is 2.22 bits per heavy atom. The Hall–Kier alpha value is -0.300. The molecule has 4 rings (SSSR count). The first-order chi connectivity index (χ1) is 14.8. The molecule has 4 aliphatic rings. The van der Waals surface area contributed by atoms with Gasteiger partial charge in [-0.05, 0) is 102 Å². The first-order valence-electron chi connectivity index (χ1n) is 14.2. The smallest absolute Gasteiger partial charge is 0.0594 e. The maximum atomic E-state index is 10.8. The molecule has 0 heterocycles. The van der Waals surface area contributed by atoms with Gasteiger partial charge in [-0.3, -0.25) is 0 Å². The topological polar surface area (TPSA) is 20.2 Å². The summed E-state index contributed by atoms with van der Waals surface area (Å²) in [7, 11) is 0. The van der Waals surface area contributed by atoms with Gasteiger partial charge in [-0.15, -0.1) is 0 Å². The molecule has 3 fully saturated rings. The highest BCUT2D eigenvalue weighted by Gasteiger charge is 2.65. The van der Waals surface area contributed by atoms with Crippen molar-refractivity contribution in [1.29, 1.82) is 0 Å². The third-order valence-electron chi connectivity index (χ3n) is 12.8. The minimum absolute atomic E-state index is 0.0420. The van der Waals surface area contributed by atoms with Crippen LogP contribution in [0.15, 0.2) is 11.6 Å². The third-order valence-corrected chi connectivity index (χ3v) is 12.8. The number of aliphatic hydroxyl groups excluding tert-OH is 1. The zero-order valence-electron chi connectivity index (χ0n) is 22.9. The average molecular weight is 443 g/mol. The van der Waals surface area contributed by atoms with Gasteiger partial charge in [0, 0.05) is 0 Å². The lowest BCUT2D eigenvalue weighted by Crippen LogP contribution is -2.57. The molecule has 0 aromatic carbocycles. The molecule has 184 valence electrons. The second kappa shape index (κ2) is 8.13. The zero-order chi connectivity index (χ0) is 23.7. The predicted molar refractivity (Wildman–Crippen MR) is 137 cm³/mol. The highest BCUT2D eigenvalue weighted by atomic mass is 16.3. The molecular weight excluding hydrogens is 388 g/mol. The standard InChI is InChI=1S/C31H54O/c1-20(2)21(3)10-11-22(4)23-14-18-31(9)25-12-13-26-28(5,6)27(32)16-17-29(26,7)24(25)15-19-30(23,31)8/h15,20-23,25-27,32H,10-14,16-19H2,1-9H3/t21?,22-,23-,25-,26?,27+,29-,30-,31+/m1/s1. The molecule has 0 aromatic rings. The van der Waals surface area contributed by atoms with Crippen molar-refractivity contribution >= 4 is 0 Å². The molecule has 3 saturated carbocycles. The number of rotatable bonds is 5. The Kier molecular flexibility index (Phi) is 6.31.